The molecule has 0 radical (unpaired) electrons. The minimum absolute atomic E-state index is 0.0101. The first-order valence-electron chi connectivity index (χ1n) is 25.8. The molecule has 0 atom stereocenters. The van der Waals surface area contributed by atoms with Crippen molar-refractivity contribution in [3.8, 4) is 5.69 Å². The van der Waals surface area contributed by atoms with Gasteiger partial charge >= 0.3 is 0 Å². The number of fused-ring (bicyclic) bond motifs is 12. The van der Waals surface area contributed by atoms with E-state index in [9.17, 15) is 0 Å². The zero-order valence-electron chi connectivity index (χ0n) is 43.7. The highest BCUT2D eigenvalue weighted by Crippen LogP contribution is 2.51. The van der Waals surface area contributed by atoms with E-state index in [2.05, 4.69) is 255 Å². The van der Waals surface area contributed by atoms with E-state index in [0.717, 1.165) is 17.1 Å². The molecule has 356 valence electrons. The van der Waals surface area contributed by atoms with Crippen LogP contribution in [-0.2, 0) is 21.7 Å². The number of anilines is 6. The average Bonchev–Trinajstić information content (AvgIpc) is 4.02. The van der Waals surface area contributed by atoms with E-state index >= 15 is 0 Å². The quantitative estimate of drug-likeness (QED) is 0.163. The maximum Gasteiger partial charge on any atom is 0.252 e. The topological polar surface area (TPSA) is 11.4 Å². The first-order chi connectivity index (χ1) is 34.2. The number of hydrogen-bond acceptors (Lipinski definition) is 4. The molecule has 0 bridgehead atoms. The number of rotatable bonds is 4. The second kappa shape index (κ2) is 15.5. The highest BCUT2D eigenvalue weighted by molar-refractivity contribution is 7.27. The minimum atomic E-state index is -0.0705. The van der Waals surface area contributed by atoms with Crippen molar-refractivity contribution in [1.82, 2.24) is 4.57 Å². The van der Waals surface area contributed by atoms with Gasteiger partial charge in [0.05, 0.1) is 31.8 Å². The summed E-state index contributed by atoms with van der Waals surface area (Å²) < 4.78 is 7.99. The highest BCUT2D eigenvalue weighted by Gasteiger charge is 2.44. The predicted molar refractivity (Wildman–Crippen MR) is 318 cm³/mol. The van der Waals surface area contributed by atoms with Gasteiger partial charge in [-0.15, -0.1) is 22.7 Å². The predicted octanol–water partition coefficient (Wildman–Crippen LogP) is 17.6. The zero-order valence-corrected chi connectivity index (χ0v) is 45.4. The van der Waals surface area contributed by atoms with Crippen molar-refractivity contribution in [1.29, 1.82) is 0 Å². The van der Waals surface area contributed by atoms with Gasteiger partial charge in [-0.3, -0.25) is 0 Å². The van der Waals surface area contributed by atoms with Crippen molar-refractivity contribution in [3.63, 3.8) is 0 Å². The Morgan fingerprint density at radius 3 is 1.54 bits per heavy atom. The van der Waals surface area contributed by atoms with Crippen LogP contribution in [-0.4, -0.2) is 11.3 Å². The molecule has 2 aliphatic rings. The fourth-order valence-electron chi connectivity index (χ4n) is 11.8. The van der Waals surface area contributed by atoms with Gasteiger partial charge < -0.3 is 14.4 Å². The van der Waals surface area contributed by atoms with E-state index in [-0.39, 0.29) is 28.4 Å². The van der Waals surface area contributed by atoms with Gasteiger partial charge in [0.2, 0.25) is 0 Å². The van der Waals surface area contributed by atoms with Gasteiger partial charge in [-0.2, -0.15) is 0 Å². The molecule has 72 heavy (non-hydrogen) atoms. The number of aromatic nitrogens is 1. The normalized spacial score (nSPS) is 13.8. The summed E-state index contributed by atoms with van der Waals surface area (Å²) in [7, 11) is 0. The monoisotopic (exact) mass is 971 g/mol. The third kappa shape index (κ3) is 6.81. The Morgan fingerprint density at radius 1 is 0.375 bits per heavy atom. The van der Waals surface area contributed by atoms with Gasteiger partial charge in [-0.25, -0.2) is 0 Å². The second-order valence-corrected chi connectivity index (χ2v) is 26.8. The molecule has 5 heterocycles. The van der Waals surface area contributed by atoms with Crippen LogP contribution < -0.4 is 26.2 Å². The smallest absolute Gasteiger partial charge is 0.252 e. The molecule has 0 fully saturated rings. The number of nitrogens with zero attached hydrogens (tertiary/aromatic N) is 3. The second-order valence-electron chi connectivity index (χ2n) is 24.7. The third-order valence-electron chi connectivity index (χ3n) is 15.8. The average molecular weight is 972 g/mol. The summed E-state index contributed by atoms with van der Waals surface area (Å²) in [5, 5.41) is 5.26. The van der Waals surface area contributed by atoms with Crippen LogP contribution in [0, 0.1) is 0 Å². The van der Waals surface area contributed by atoms with Crippen molar-refractivity contribution in [3.05, 3.63) is 180 Å². The molecule has 2 aliphatic heterocycles. The van der Waals surface area contributed by atoms with Crippen LogP contribution in [0.5, 0.6) is 0 Å². The van der Waals surface area contributed by atoms with E-state index in [1.165, 1.54) is 113 Å². The Hall–Kier alpha value is -6.60. The molecule has 0 N–H and O–H groups in total. The molecule has 0 saturated heterocycles. The summed E-state index contributed by atoms with van der Waals surface area (Å²) in [6.07, 6.45) is 0. The molecule has 0 spiro atoms. The van der Waals surface area contributed by atoms with Crippen LogP contribution in [0.4, 0.5) is 34.1 Å². The van der Waals surface area contributed by atoms with Crippen LogP contribution in [0.25, 0.3) is 57.1 Å². The third-order valence-corrected chi connectivity index (χ3v) is 18.2. The highest BCUT2D eigenvalue weighted by atomic mass is 32.1. The molecular formula is C66H62BN3S2. The lowest BCUT2D eigenvalue weighted by molar-refractivity contribution is 0.590. The van der Waals surface area contributed by atoms with Crippen molar-refractivity contribution in [2.75, 3.05) is 9.80 Å². The Balaban J connectivity index is 1.21. The molecule has 0 unspecified atom stereocenters. The molecule has 13 rings (SSSR count). The zero-order chi connectivity index (χ0) is 50.0. The van der Waals surface area contributed by atoms with Crippen molar-refractivity contribution in [2.24, 2.45) is 0 Å². The first kappa shape index (κ1) is 45.3. The molecule has 0 saturated carbocycles. The van der Waals surface area contributed by atoms with E-state index in [1.807, 2.05) is 22.7 Å². The first-order valence-corrected chi connectivity index (χ1v) is 27.4. The number of benzene rings is 8. The van der Waals surface area contributed by atoms with Crippen molar-refractivity contribution < 1.29 is 0 Å². The van der Waals surface area contributed by atoms with Gasteiger partial charge in [-0.05, 0) is 127 Å². The standard InChI is InChI=1S/C66H62BN3S2/c1-63(2,3)39-24-29-43(30-25-39)68(44-31-26-40(27-32-44)64(4,5)6)45-37-54-58-55(38-45)70-59-49(62-60(70)48-19-14-16-23-57(48)72-62)34-42(66(10,11)12)35-51(59)67(58)50-33-28-41(65(7,8)9)36-53(50)69(54)52-21-17-20-47-46-18-13-15-22-56(46)71-61(47)52/h13-38H,1-12H3. The summed E-state index contributed by atoms with van der Waals surface area (Å²) >= 11 is 3.86. The van der Waals surface area contributed by atoms with Crippen LogP contribution in [0.1, 0.15) is 105 Å². The lowest BCUT2D eigenvalue weighted by atomic mass is 9.33. The van der Waals surface area contributed by atoms with Gasteiger partial charge in [0.1, 0.15) is 0 Å². The van der Waals surface area contributed by atoms with Gasteiger partial charge in [0, 0.05) is 59.4 Å². The Labute approximate surface area is 433 Å². The van der Waals surface area contributed by atoms with E-state index in [4.69, 9.17) is 0 Å². The maximum absolute atomic E-state index is 2.69. The lowest BCUT2D eigenvalue weighted by Gasteiger charge is -2.42. The molecule has 0 aliphatic carbocycles. The number of thiophene rings is 2. The fraction of sp³-hybridized carbons (Fsp3) is 0.242. The molecule has 11 aromatic rings. The molecular weight excluding hydrogens is 910 g/mol. The summed E-state index contributed by atoms with van der Waals surface area (Å²) in [5.41, 5.74) is 20.3. The van der Waals surface area contributed by atoms with Crippen LogP contribution in [0.15, 0.2) is 158 Å². The Kier molecular flexibility index (Phi) is 9.72. The number of hydrogen-bond donors (Lipinski definition) is 0. The van der Waals surface area contributed by atoms with Gasteiger partial charge in [0.15, 0.2) is 0 Å². The van der Waals surface area contributed by atoms with Crippen LogP contribution in [0.3, 0.4) is 0 Å². The minimum Gasteiger partial charge on any atom is -0.310 e. The van der Waals surface area contributed by atoms with Crippen molar-refractivity contribution in [2.45, 2.75) is 105 Å². The summed E-state index contributed by atoms with van der Waals surface area (Å²) in [6.45, 7) is 28.0. The Morgan fingerprint density at radius 2 is 0.917 bits per heavy atom. The Bertz CT molecular complexity index is 3970. The molecule has 0 amide bonds. The van der Waals surface area contributed by atoms with Crippen molar-refractivity contribution >= 4 is 131 Å². The van der Waals surface area contributed by atoms with E-state index in [0.29, 0.717) is 0 Å². The van der Waals surface area contributed by atoms with Crippen LogP contribution >= 0.6 is 22.7 Å². The molecule has 3 nitrogen and oxygen atoms in total. The van der Waals surface area contributed by atoms with E-state index in [1.54, 1.807) is 0 Å². The SMILES string of the molecule is CC(C)(C)c1ccc(N(c2ccc(C(C)(C)C)cc2)c2cc3c4c(c2)-n2c5c(cc(C(C)(C)C)cc5c5sc6ccccc6c52)B4c2ccc(C(C)(C)C)cc2N3c2cccc3c2sc2ccccc23)cc1. The molecule has 8 aromatic carbocycles. The summed E-state index contributed by atoms with van der Waals surface area (Å²) in [4.78, 5) is 5.19. The van der Waals surface area contributed by atoms with E-state index < -0.39 is 0 Å². The fourth-order valence-corrected chi connectivity index (χ4v) is 14.2. The van der Waals surface area contributed by atoms with Gasteiger partial charge in [0.25, 0.3) is 6.71 Å². The molecule has 6 heteroatoms. The van der Waals surface area contributed by atoms with Crippen LogP contribution in [0.2, 0.25) is 0 Å². The maximum atomic E-state index is 2.69. The van der Waals surface area contributed by atoms with Gasteiger partial charge in [-0.1, -0.05) is 174 Å². The largest absolute Gasteiger partial charge is 0.310 e. The summed E-state index contributed by atoms with van der Waals surface area (Å²) in [6, 6.07) is 61.4. The lowest BCUT2D eigenvalue weighted by Crippen LogP contribution is -2.60. The summed E-state index contributed by atoms with van der Waals surface area (Å²) in [5.74, 6) is 0. The molecule has 3 aromatic heterocycles.